The number of carboxylic acid groups (broad SMARTS) is 1. The highest BCUT2D eigenvalue weighted by atomic mass is 35.5. The number of phenols is 2. The summed E-state index contributed by atoms with van der Waals surface area (Å²) in [6.45, 7) is 14.2. The fraction of sp³-hybridized carbons (Fsp3) is 0.533. The van der Waals surface area contributed by atoms with Crippen LogP contribution in [0, 0.1) is 0 Å². The number of halogens is 1. The average molecular weight is 320 g/mol. The molecule has 0 aliphatic heterocycles. The molecular weight excluding hydrogens is 294 g/mol. The molecule has 122 valence electrons. The summed E-state index contributed by atoms with van der Waals surface area (Å²) < 4.78 is 1.28. The zero-order chi connectivity index (χ0) is 15.8. The van der Waals surface area contributed by atoms with Crippen molar-refractivity contribution in [1.29, 1.82) is 0 Å². The standard InChI is InChI=1S/C8H20N.C7H6O4.ClH/c1-5-9(6-2,7-3)8-4;8-5-2-1-4(7(10)11)3-6(5)9;/h5-8H2,1-4H3;1-3,8-9H,(H,10,11);1H/q+1;;/p-1. The molecule has 0 unspecified atom stereocenters. The molecular formula is C15H26ClNO4. The minimum absolute atomic E-state index is 0. The zero-order valence-electron chi connectivity index (χ0n) is 13.1. The van der Waals surface area contributed by atoms with Gasteiger partial charge in [0.25, 0.3) is 0 Å². The van der Waals surface area contributed by atoms with Crippen molar-refractivity contribution in [1.82, 2.24) is 0 Å². The van der Waals surface area contributed by atoms with Crippen molar-refractivity contribution in [3.05, 3.63) is 23.8 Å². The molecule has 3 N–H and O–H groups in total. The van der Waals surface area contributed by atoms with E-state index in [0.717, 1.165) is 12.1 Å². The number of hydrogen-bond donors (Lipinski definition) is 3. The quantitative estimate of drug-likeness (QED) is 0.513. The van der Waals surface area contributed by atoms with Crippen LogP contribution in [0.4, 0.5) is 0 Å². The number of carboxylic acids is 1. The molecule has 0 spiro atoms. The van der Waals surface area contributed by atoms with E-state index in [1.165, 1.54) is 36.7 Å². The van der Waals surface area contributed by atoms with Gasteiger partial charge in [0.15, 0.2) is 11.5 Å². The van der Waals surface area contributed by atoms with Crippen LogP contribution in [0.3, 0.4) is 0 Å². The van der Waals surface area contributed by atoms with Gasteiger partial charge in [-0.15, -0.1) is 0 Å². The summed E-state index contributed by atoms with van der Waals surface area (Å²) >= 11 is 0. The number of quaternary nitrogens is 1. The molecule has 0 bridgehead atoms. The van der Waals surface area contributed by atoms with E-state index in [2.05, 4.69) is 27.7 Å². The summed E-state index contributed by atoms with van der Waals surface area (Å²) in [4.78, 5) is 10.3. The van der Waals surface area contributed by atoms with Crippen molar-refractivity contribution >= 4 is 5.97 Å². The molecule has 0 saturated heterocycles. The van der Waals surface area contributed by atoms with Crippen molar-refractivity contribution in [2.45, 2.75) is 27.7 Å². The van der Waals surface area contributed by atoms with Gasteiger partial charge in [-0.05, 0) is 45.9 Å². The number of nitrogens with zero attached hydrogens (tertiary/aromatic N) is 1. The summed E-state index contributed by atoms with van der Waals surface area (Å²) in [5.41, 5.74) is -0.0553. The smallest absolute Gasteiger partial charge is 0.335 e. The molecule has 1 rings (SSSR count). The summed E-state index contributed by atoms with van der Waals surface area (Å²) in [6, 6.07) is 3.31. The number of rotatable bonds is 5. The third-order valence-corrected chi connectivity index (χ3v) is 3.91. The molecule has 21 heavy (non-hydrogen) atoms. The molecule has 0 atom stereocenters. The van der Waals surface area contributed by atoms with Crippen LogP contribution in [0.2, 0.25) is 0 Å². The lowest BCUT2D eigenvalue weighted by Gasteiger charge is -2.34. The first-order chi connectivity index (χ1) is 9.35. The molecule has 0 saturated carbocycles. The number of phenolic OH excluding ortho intramolecular Hbond substituents is 2. The molecule has 0 aromatic heterocycles. The minimum Gasteiger partial charge on any atom is -1.00 e. The molecule has 0 radical (unpaired) electrons. The first-order valence-electron chi connectivity index (χ1n) is 6.96. The highest BCUT2D eigenvalue weighted by Crippen LogP contribution is 2.24. The molecule has 1 aromatic carbocycles. The van der Waals surface area contributed by atoms with Crippen LogP contribution in [0.25, 0.3) is 0 Å². The van der Waals surface area contributed by atoms with E-state index in [1.54, 1.807) is 0 Å². The van der Waals surface area contributed by atoms with Gasteiger partial charge in [0.2, 0.25) is 0 Å². The van der Waals surface area contributed by atoms with Gasteiger partial charge in [0.05, 0.1) is 31.7 Å². The fourth-order valence-corrected chi connectivity index (χ4v) is 2.00. The fourth-order valence-electron chi connectivity index (χ4n) is 2.00. The molecule has 0 fully saturated rings. The van der Waals surface area contributed by atoms with Crippen LogP contribution < -0.4 is 12.4 Å². The van der Waals surface area contributed by atoms with Crippen molar-refractivity contribution in [3.8, 4) is 11.5 Å². The topological polar surface area (TPSA) is 77.8 Å². The largest absolute Gasteiger partial charge is 1.00 e. The summed E-state index contributed by atoms with van der Waals surface area (Å²) in [7, 11) is 0. The van der Waals surface area contributed by atoms with E-state index in [4.69, 9.17) is 15.3 Å². The first kappa shape index (κ1) is 21.8. The Labute approximate surface area is 132 Å². The van der Waals surface area contributed by atoms with E-state index in [-0.39, 0.29) is 23.7 Å². The van der Waals surface area contributed by atoms with Gasteiger partial charge in [-0.3, -0.25) is 0 Å². The van der Waals surface area contributed by atoms with Crippen molar-refractivity contribution in [3.63, 3.8) is 0 Å². The molecule has 5 nitrogen and oxygen atoms in total. The molecule has 0 heterocycles. The van der Waals surface area contributed by atoms with Crippen molar-refractivity contribution in [2.75, 3.05) is 26.2 Å². The number of carbonyl (C=O) groups is 1. The second kappa shape index (κ2) is 10.3. The van der Waals surface area contributed by atoms with Crippen LogP contribution >= 0.6 is 0 Å². The van der Waals surface area contributed by atoms with Crippen LogP contribution in [-0.4, -0.2) is 52.0 Å². The Bertz CT molecular complexity index is 416. The van der Waals surface area contributed by atoms with Crippen LogP contribution in [0.5, 0.6) is 11.5 Å². The third-order valence-electron chi connectivity index (χ3n) is 3.91. The van der Waals surface area contributed by atoms with Crippen LogP contribution in [0.15, 0.2) is 18.2 Å². The van der Waals surface area contributed by atoms with E-state index in [1.807, 2.05) is 0 Å². The Kier molecular flexibility index (Phi) is 10.7. The lowest BCUT2D eigenvalue weighted by molar-refractivity contribution is -0.921. The molecule has 0 aliphatic carbocycles. The number of benzene rings is 1. The Balaban J connectivity index is 0. The lowest BCUT2D eigenvalue weighted by atomic mass is 10.2. The zero-order valence-corrected chi connectivity index (χ0v) is 13.9. The van der Waals surface area contributed by atoms with Gasteiger partial charge in [-0.25, -0.2) is 4.79 Å². The predicted molar refractivity (Wildman–Crippen MR) is 79.2 cm³/mol. The third kappa shape index (κ3) is 6.69. The second-order valence-electron chi connectivity index (χ2n) is 4.62. The lowest BCUT2D eigenvalue weighted by Crippen LogP contribution is -3.00. The Morgan fingerprint density at radius 1 is 0.952 bits per heavy atom. The van der Waals surface area contributed by atoms with Gasteiger partial charge in [0.1, 0.15) is 0 Å². The van der Waals surface area contributed by atoms with Gasteiger partial charge in [-0.2, -0.15) is 0 Å². The highest BCUT2D eigenvalue weighted by molar-refractivity contribution is 5.88. The summed E-state index contributed by atoms with van der Waals surface area (Å²) in [6.07, 6.45) is 0. The van der Waals surface area contributed by atoms with E-state index >= 15 is 0 Å². The maximum atomic E-state index is 10.3. The van der Waals surface area contributed by atoms with Crippen molar-refractivity contribution in [2.24, 2.45) is 0 Å². The van der Waals surface area contributed by atoms with E-state index < -0.39 is 11.7 Å². The number of aromatic carboxylic acids is 1. The van der Waals surface area contributed by atoms with Gasteiger partial charge in [0, 0.05) is 0 Å². The van der Waals surface area contributed by atoms with Gasteiger partial charge < -0.3 is 32.2 Å². The Morgan fingerprint density at radius 3 is 1.62 bits per heavy atom. The normalized spacial score (nSPS) is 10.1. The predicted octanol–water partition coefficient (Wildman–Crippen LogP) is -0.317. The van der Waals surface area contributed by atoms with Crippen LogP contribution in [-0.2, 0) is 0 Å². The van der Waals surface area contributed by atoms with Crippen molar-refractivity contribution < 1.29 is 37.0 Å². The Hall–Kier alpha value is -1.46. The van der Waals surface area contributed by atoms with E-state index in [9.17, 15) is 4.79 Å². The van der Waals surface area contributed by atoms with Gasteiger partial charge in [-0.1, -0.05) is 0 Å². The summed E-state index contributed by atoms with van der Waals surface area (Å²) in [5, 5.41) is 26.0. The number of aromatic hydroxyl groups is 2. The first-order valence-corrected chi connectivity index (χ1v) is 6.96. The maximum Gasteiger partial charge on any atom is 0.335 e. The number of hydrogen-bond acceptors (Lipinski definition) is 3. The van der Waals surface area contributed by atoms with Crippen LogP contribution in [0.1, 0.15) is 38.1 Å². The molecule has 0 amide bonds. The average Bonchev–Trinajstić information content (AvgIpc) is 2.45. The second-order valence-corrected chi connectivity index (χ2v) is 4.62. The monoisotopic (exact) mass is 319 g/mol. The van der Waals surface area contributed by atoms with E-state index in [0.29, 0.717) is 0 Å². The Morgan fingerprint density at radius 2 is 1.38 bits per heavy atom. The SMILES string of the molecule is CC[N+](CC)(CC)CC.O=C(O)c1ccc(O)c(O)c1.[Cl-]. The highest BCUT2D eigenvalue weighted by Gasteiger charge is 2.16. The summed E-state index contributed by atoms with van der Waals surface area (Å²) in [5.74, 6) is -1.89. The molecule has 0 aliphatic rings. The molecule has 1 aromatic rings. The minimum atomic E-state index is -1.14. The molecule has 6 heteroatoms. The van der Waals surface area contributed by atoms with Gasteiger partial charge >= 0.3 is 5.97 Å². The maximum absolute atomic E-state index is 10.3.